The molecule has 154 valence electrons. The molecule has 0 spiro atoms. The van der Waals surface area contributed by atoms with Crippen molar-refractivity contribution < 1.29 is 14.6 Å². The van der Waals surface area contributed by atoms with Gasteiger partial charge < -0.3 is 10.6 Å². The Morgan fingerprint density at radius 2 is 1.55 bits per heavy atom. The first-order valence-electron chi connectivity index (χ1n) is 8.20. The first-order valence-corrected chi connectivity index (χ1v) is 11.3. The molecule has 29 heavy (non-hydrogen) atoms. The second kappa shape index (κ2) is 10.6. The van der Waals surface area contributed by atoms with E-state index in [1.54, 1.807) is 12.1 Å². The van der Waals surface area contributed by atoms with E-state index >= 15 is 0 Å². The number of hydrogen-bond donors (Lipinski definition) is 1. The number of benzene rings is 2. The van der Waals surface area contributed by atoms with E-state index in [9.17, 15) is 25.0 Å². The number of primary amides is 1. The van der Waals surface area contributed by atoms with Crippen LogP contribution in [0.2, 0.25) is 0 Å². The van der Waals surface area contributed by atoms with Crippen molar-refractivity contribution in [3.63, 3.8) is 0 Å². The number of nitro benzene ring substituents is 2. The summed E-state index contributed by atoms with van der Waals surface area (Å²) in [7, 11) is 0. The Hall–Kier alpha value is -2.18. The highest BCUT2D eigenvalue weighted by atomic mass is 79.9. The van der Waals surface area contributed by atoms with Crippen molar-refractivity contribution in [2.24, 2.45) is 5.73 Å². The van der Waals surface area contributed by atoms with Crippen molar-refractivity contribution in [1.29, 1.82) is 0 Å². The van der Waals surface area contributed by atoms with Gasteiger partial charge in [-0.25, -0.2) is 0 Å². The average Bonchev–Trinajstić information content (AvgIpc) is 2.67. The maximum Gasteiger partial charge on any atom is 0.290 e. The molecule has 0 aliphatic heterocycles. The summed E-state index contributed by atoms with van der Waals surface area (Å²) in [4.78, 5) is 35.5. The Labute approximate surface area is 187 Å². The largest absolute Gasteiger partial charge is 0.370 e. The molecule has 2 rings (SSSR count). The molecule has 0 radical (unpaired) electrons. The van der Waals surface area contributed by atoms with Gasteiger partial charge in [0.2, 0.25) is 0 Å². The van der Waals surface area contributed by atoms with Crippen LogP contribution in [0.25, 0.3) is 0 Å². The summed E-state index contributed by atoms with van der Waals surface area (Å²) in [6.07, 6.45) is 0. The molecule has 0 heterocycles. The monoisotopic (exact) mass is 546 g/mol. The van der Waals surface area contributed by atoms with Gasteiger partial charge in [-0.2, -0.15) is 0 Å². The van der Waals surface area contributed by atoms with Gasteiger partial charge in [-0.15, -0.1) is 0 Å². The maximum atomic E-state index is 11.6. The summed E-state index contributed by atoms with van der Waals surface area (Å²) in [5, 5.41) is 24.1. The van der Waals surface area contributed by atoms with Gasteiger partial charge >= 0.3 is 0 Å². The molecule has 1 amide bonds. The van der Waals surface area contributed by atoms with E-state index in [2.05, 4.69) is 36.8 Å². The average molecular weight is 548 g/mol. The summed E-state index contributed by atoms with van der Waals surface area (Å²) in [6, 6.07) is 9.23. The normalized spacial score (nSPS) is 10.6. The van der Waals surface area contributed by atoms with Crippen LogP contribution in [0, 0.1) is 20.2 Å². The fourth-order valence-corrected chi connectivity index (χ4v) is 4.35. The first-order chi connectivity index (χ1) is 13.8. The Morgan fingerprint density at radius 3 is 2.00 bits per heavy atom. The number of carbonyl (C=O) groups is 1. The van der Waals surface area contributed by atoms with E-state index in [0.29, 0.717) is 4.90 Å². The lowest BCUT2D eigenvalue weighted by molar-refractivity contribution is -0.396. The van der Waals surface area contributed by atoms with E-state index in [0.717, 1.165) is 53.3 Å². The Balaban J connectivity index is 2.40. The summed E-state index contributed by atoms with van der Waals surface area (Å²) in [6.45, 7) is 1.63. The minimum atomic E-state index is -1.02. The van der Waals surface area contributed by atoms with Crippen LogP contribution in [0.1, 0.15) is 10.4 Å². The molecule has 2 aromatic carbocycles. The topological polar surface area (TPSA) is 133 Å². The highest BCUT2D eigenvalue weighted by Gasteiger charge is 2.27. The third kappa shape index (κ3) is 5.90. The number of alkyl halides is 2. The fraction of sp³-hybridized carbons (Fsp3) is 0.235. The van der Waals surface area contributed by atoms with Crippen LogP contribution in [0.15, 0.2) is 46.2 Å². The van der Waals surface area contributed by atoms with Crippen molar-refractivity contribution >= 4 is 66.6 Å². The number of anilines is 1. The van der Waals surface area contributed by atoms with Gasteiger partial charge in [-0.05, 0) is 30.3 Å². The molecule has 0 aliphatic rings. The van der Waals surface area contributed by atoms with Crippen LogP contribution < -0.4 is 10.6 Å². The number of nitrogens with zero attached hydrogens (tertiary/aromatic N) is 3. The number of halogens is 2. The van der Waals surface area contributed by atoms with E-state index < -0.39 is 27.1 Å². The standard InChI is InChI=1S/C17H16Br2N4O5S/c18-5-7-21(8-6-19)11-1-3-12(4-2-11)29-16-9-13(17(20)24)14(22(25)26)10-15(16)23(27)28/h1-4,9-10H,5-8H2,(H2,20,24). The fourth-order valence-electron chi connectivity index (χ4n) is 2.56. The van der Waals surface area contributed by atoms with Crippen LogP contribution in [-0.2, 0) is 0 Å². The molecule has 0 saturated heterocycles. The number of nitrogens with two attached hydrogens (primary N) is 1. The second-order valence-electron chi connectivity index (χ2n) is 5.68. The zero-order chi connectivity index (χ0) is 21.6. The highest BCUT2D eigenvalue weighted by Crippen LogP contribution is 2.39. The predicted molar refractivity (Wildman–Crippen MR) is 119 cm³/mol. The van der Waals surface area contributed by atoms with Gasteiger partial charge in [0.15, 0.2) is 0 Å². The lowest BCUT2D eigenvalue weighted by Crippen LogP contribution is -2.27. The Morgan fingerprint density at radius 1 is 1.00 bits per heavy atom. The summed E-state index contributed by atoms with van der Waals surface area (Å²) < 4.78 is 0. The van der Waals surface area contributed by atoms with E-state index in [4.69, 9.17) is 5.73 Å². The maximum absolute atomic E-state index is 11.6. The molecule has 0 saturated carbocycles. The summed E-state index contributed by atoms with van der Waals surface area (Å²) >= 11 is 7.88. The Bertz CT molecular complexity index is 921. The molecule has 2 N–H and O–H groups in total. The van der Waals surface area contributed by atoms with Gasteiger partial charge in [0.25, 0.3) is 17.3 Å². The van der Waals surface area contributed by atoms with Crippen molar-refractivity contribution in [3.8, 4) is 0 Å². The lowest BCUT2D eigenvalue weighted by atomic mass is 10.1. The zero-order valence-electron chi connectivity index (χ0n) is 14.9. The molecule has 2 aromatic rings. The molecular weight excluding hydrogens is 532 g/mol. The van der Waals surface area contributed by atoms with Gasteiger partial charge in [0.05, 0.1) is 20.8 Å². The molecule has 12 heteroatoms. The molecular formula is C17H16Br2N4O5S. The quantitative estimate of drug-likeness (QED) is 0.265. The smallest absolute Gasteiger partial charge is 0.290 e. The van der Waals surface area contributed by atoms with Gasteiger partial charge in [0, 0.05) is 34.3 Å². The Kier molecular flexibility index (Phi) is 8.41. The predicted octanol–water partition coefficient (Wildman–Crippen LogP) is 4.35. The van der Waals surface area contributed by atoms with Crippen LogP contribution in [0.4, 0.5) is 17.1 Å². The van der Waals surface area contributed by atoms with Crippen molar-refractivity contribution in [2.45, 2.75) is 9.79 Å². The highest BCUT2D eigenvalue weighted by molar-refractivity contribution is 9.09. The summed E-state index contributed by atoms with van der Waals surface area (Å²) in [5.41, 5.74) is 4.68. The van der Waals surface area contributed by atoms with Crippen molar-refractivity contribution in [3.05, 3.63) is 62.2 Å². The third-order valence-corrected chi connectivity index (χ3v) is 5.64. The number of nitro groups is 2. The molecule has 0 unspecified atom stereocenters. The number of amides is 1. The molecule has 0 aliphatic carbocycles. The van der Waals surface area contributed by atoms with E-state index in [-0.39, 0.29) is 10.5 Å². The number of carbonyl (C=O) groups excluding carboxylic acids is 1. The number of rotatable bonds is 10. The molecule has 0 fully saturated rings. The number of hydrogen-bond acceptors (Lipinski definition) is 7. The van der Waals surface area contributed by atoms with Gasteiger partial charge in [-0.3, -0.25) is 25.0 Å². The van der Waals surface area contributed by atoms with E-state index in [1.165, 1.54) is 0 Å². The molecule has 0 aromatic heterocycles. The van der Waals surface area contributed by atoms with E-state index in [1.807, 2.05) is 12.1 Å². The van der Waals surface area contributed by atoms with Crippen LogP contribution in [-0.4, -0.2) is 39.5 Å². The zero-order valence-corrected chi connectivity index (χ0v) is 18.9. The van der Waals surface area contributed by atoms with Gasteiger partial charge in [0.1, 0.15) is 5.56 Å². The summed E-state index contributed by atoms with van der Waals surface area (Å²) in [5.74, 6) is -1.02. The van der Waals surface area contributed by atoms with Crippen molar-refractivity contribution in [1.82, 2.24) is 0 Å². The van der Waals surface area contributed by atoms with Gasteiger partial charge in [-0.1, -0.05) is 43.6 Å². The molecule has 9 nitrogen and oxygen atoms in total. The van der Waals surface area contributed by atoms with Crippen LogP contribution in [0.3, 0.4) is 0 Å². The second-order valence-corrected chi connectivity index (χ2v) is 8.38. The minimum absolute atomic E-state index is 0.0972. The minimum Gasteiger partial charge on any atom is -0.370 e. The lowest BCUT2D eigenvalue weighted by Gasteiger charge is -2.23. The van der Waals surface area contributed by atoms with Crippen LogP contribution >= 0.6 is 43.6 Å². The third-order valence-electron chi connectivity index (χ3n) is 3.87. The SMILES string of the molecule is NC(=O)c1cc(Sc2ccc(N(CCBr)CCBr)cc2)c([N+](=O)[O-])cc1[N+](=O)[O-]. The first kappa shape index (κ1) is 23.1. The molecule has 0 bridgehead atoms. The van der Waals surface area contributed by atoms with Crippen molar-refractivity contribution in [2.75, 3.05) is 28.6 Å². The molecule has 0 atom stereocenters. The van der Waals surface area contributed by atoms with Crippen LogP contribution in [0.5, 0.6) is 0 Å².